The summed E-state index contributed by atoms with van der Waals surface area (Å²) in [4.78, 5) is 14.6. The molecule has 2 aliphatic heterocycles. The fourth-order valence-corrected chi connectivity index (χ4v) is 4.33. The second-order valence-corrected chi connectivity index (χ2v) is 8.01. The molecule has 7 heteroatoms. The van der Waals surface area contributed by atoms with E-state index < -0.39 is 0 Å². The van der Waals surface area contributed by atoms with E-state index in [0.29, 0.717) is 19.0 Å². The number of hydrogen-bond donors (Lipinski definition) is 2. The minimum Gasteiger partial charge on any atom is -0.352 e. The van der Waals surface area contributed by atoms with Gasteiger partial charge < -0.3 is 10.6 Å². The SMILES string of the molecule is Cl.Cl.O=C(CC1CSCCN1)NCc1ccc(CN2CCCCC2)cc1. The molecular formula is C19H31Cl2N3OS. The van der Waals surface area contributed by atoms with Crippen LogP contribution in [0.3, 0.4) is 0 Å². The summed E-state index contributed by atoms with van der Waals surface area (Å²) in [5, 5.41) is 6.46. The van der Waals surface area contributed by atoms with E-state index in [-0.39, 0.29) is 30.7 Å². The Morgan fingerprint density at radius 3 is 2.46 bits per heavy atom. The van der Waals surface area contributed by atoms with Gasteiger partial charge in [0.15, 0.2) is 0 Å². The number of rotatable bonds is 6. The smallest absolute Gasteiger partial charge is 0.221 e. The molecule has 1 atom stereocenters. The topological polar surface area (TPSA) is 44.4 Å². The van der Waals surface area contributed by atoms with Crippen LogP contribution in [-0.4, -0.2) is 48.0 Å². The highest BCUT2D eigenvalue weighted by molar-refractivity contribution is 7.99. The number of likely N-dealkylation sites (tertiary alicyclic amines) is 1. The van der Waals surface area contributed by atoms with Crippen LogP contribution in [0.4, 0.5) is 0 Å². The van der Waals surface area contributed by atoms with E-state index in [1.54, 1.807) is 0 Å². The number of nitrogens with zero attached hydrogens (tertiary/aromatic N) is 1. The molecule has 1 unspecified atom stereocenters. The van der Waals surface area contributed by atoms with Crippen molar-refractivity contribution in [3.8, 4) is 0 Å². The first-order valence-electron chi connectivity index (χ1n) is 9.17. The van der Waals surface area contributed by atoms with E-state index in [2.05, 4.69) is 39.8 Å². The molecular weight excluding hydrogens is 389 g/mol. The van der Waals surface area contributed by atoms with Gasteiger partial charge in [-0.3, -0.25) is 9.69 Å². The van der Waals surface area contributed by atoms with E-state index in [0.717, 1.165) is 24.6 Å². The van der Waals surface area contributed by atoms with Crippen LogP contribution < -0.4 is 10.6 Å². The number of thioether (sulfide) groups is 1. The molecule has 2 aliphatic rings. The van der Waals surface area contributed by atoms with Crippen LogP contribution in [0.25, 0.3) is 0 Å². The number of amides is 1. The van der Waals surface area contributed by atoms with Gasteiger partial charge in [0.1, 0.15) is 0 Å². The normalized spacial score (nSPS) is 20.5. The third-order valence-electron chi connectivity index (χ3n) is 4.80. The molecule has 0 bridgehead atoms. The summed E-state index contributed by atoms with van der Waals surface area (Å²) in [6.07, 6.45) is 4.63. The van der Waals surface area contributed by atoms with Crippen LogP contribution in [0.5, 0.6) is 0 Å². The van der Waals surface area contributed by atoms with Crippen LogP contribution >= 0.6 is 36.6 Å². The number of benzene rings is 1. The van der Waals surface area contributed by atoms with Crippen molar-refractivity contribution in [1.29, 1.82) is 0 Å². The molecule has 2 saturated heterocycles. The summed E-state index contributed by atoms with van der Waals surface area (Å²) < 4.78 is 0. The minimum absolute atomic E-state index is 0. The molecule has 2 N–H and O–H groups in total. The average Bonchev–Trinajstić information content (AvgIpc) is 2.63. The van der Waals surface area contributed by atoms with Gasteiger partial charge in [-0.1, -0.05) is 30.7 Å². The lowest BCUT2D eigenvalue weighted by Crippen LogP contribution is -2.41. The molecule has 1 amide bonds. The van der Waals surface area contributed by atoms with E-state index in [1.807, 2.05) is 11.8 Å². The Hall–Kier alpha value is -0.460. The summed E-state index contributed by atoms with van der Waals surface area (Å²) in [5.74, 6) is 2.34. The standard InChI is InChI=1S/C19H29N3OS.2ClH/c23-19(12-18-15-24-11-8-20-18)21-13-16-4-6-17(7-5-16)14-22-9-2-1-3-10-22;;/h4-7,18,20H,1-3,8-15H2,(H,21,23);2*1H. The number of halogens is 2. The zero-order valence-electron chi connectivity index (χ0n) is 15.2. The van der Waals surface area contributed by atoms with Crippen molar-refractivity contribution in [2.75, 3.05) is 31.1 Å². The molecule has 0 radical (unpaired) electrons. The Bertz CT molecular complexity index is 518. The highest BCUT2D eigenvalue weighted by Crippen LogP contribution is 2.14. The first-order valence-corrected chi connectivity index (χ1v) is 10.3. The molecule has 0 spiro atoms. The lowest BCUT2D eigenvalue weighted by Gasteiger charge is -2.26. The summed E-state index contributed by atoms with van der Waals surface area (Å²) in [6, 6.07) is 9.03. The molecule has 0 aromatic heterocycles. The molecule has 1 aromatic rings. The van der Waals surface area contributed by atoms with Gasteiger partial charge in [0.2, 0.25) is 5.91 Å². The highest BCUT2D eigenvalue weighted by Gasteiger charge is 2.16. The van der Waals surface area contributed by atoms with Crippen LogP contribution in [0.2, 0.25) is 0 Å². The van der Waals surface area contributed by atoms with Crippen molar-refractivity contribution in [3.05, 3.63) is 35.4 Å². The first kappa shape index (κ1) is 23.6. The number of carbonyl (C=O) groups excluding carboxylic acids is 1. The van der Waals surface area contributed by atoms with Gasteiger partial charge in [-0.25, -0.2) is 0 Å². The van der Waals surface area contributed by atoms with Gasteiger partial charge >= 0.3 is 0 Å². The van der Waals surface area contributed by atoms with Crippen molar-refractivity contribution >= 4 is 42.5 Å². The number of carbonyl (C=O) groups is 1. The van der Waals surface area contributed by atoms with E-state index in [1.165, 1.54) is 43.5 Å². The van der Waals surface area contributed by atoms with Crippen molar-refractivity contribution in [1.82, 2.24) is 15.5 Å². The minimum atomic E-state index is 0. The van der Waals surface area contributed by atoms with E-state index >= 15 is 0 Å². The second kappa shape index (κ2) is 12.8. The Labute approximate surface area is 174 Å². The highest BCUT2D eigenvalue weighted by atomic mass is 35.5. The fraction of sp³-hybridized carbons (Fsp3) is 0.632. The molecule has 0 aliphatic carbocycles. The van der Waals surface area contributed by atoms with E-state index in [4.69, 9.17) is 0 Å². The molecule has 148 valence electrons. The lowest BCUT2D eigenvalue weighted by atomic mass is 10.1. The van der Waals surface area contributed by atoms with Gasteiger partial charge in [-0.2, -0.15) is 11.8 Å². The molecule has 2 fully saturated rings. The molecule has 2 heterocycles. The zero-order valence-corrected chi connectivity index (χ0v) is 17.7. The summed E-state index contributed by atoms with van der Waals surface area (Å²) in [5.41, 5.74) is 2.55. The number of hydrogen-bond acceptors (Lipinski definition) is 4. The summed E-state index contributed by atoms with van der Waals surface area (Å²) in [7, 11) is 0. The molecule has 0 saturated carbocycles. The van der Waals surface area contributed by atoms with Crippen molar-refractivity contribution in [3.63, 3.8) is 0 Å². The molecule has 4 nitrogen and oxygen atoms in total. The molecule has 1 aromatic carbocycles. The second-order valence-electron chi connectivity index (χ2n) is 6.86. The van der Waals surface area contributed by atoms with Crippen LogP contribution in [0, 0.1) is 0 Å². The average molecular weight is 420 g/mol. The van der Waals surface area contributed by atoms with Crippen LogP contribution in [0.1, 0.15) is 36.8 Å². The van der Waals surface area contributed by atoms with Gasteiger partial charge in [0, 0.05) is 43.6 Å². The van der Waals surface area contributed by atoms with Gasteiger partial charge in [-0.15, -0.1) is 24.8 Å². The monoisotopic (exact) mass is 419 g/mol. The predicted molar refractivity (Wildman–Crippen MR) is 116 cm³/mol. The Balaban J connectivity index is 0.00000169. The van der Waals surface area contributed by atoms with E-state index in [9.17, 15) is 4.79 Å². The third kappa shape index (κ3) is 8.05. The number of piperidine rings is 1. The number of nitrogens with one attached hydrogen (secondary N) is 2. The quantitative estimate of drug-likeness (QED) is 0.742. The predicted octanol–water partition coefficient (Wildman–Crippen LogP) is 3.23. The molecule has 3 rings (SSSR count). The zero-order chi connectivity index (χ0) is 16.6. The van der Waals surface area contributed by atoms with Crippen molar-refractivity contribution in [2.24, 2.45) is 0 Å². The first-order chi connectivity index (χ1) is 11.8. The fourth-order valence-electron chi connectivity index (χ4n) is 3.39. The van der Waals surface area contributed by atoms with Gasteiger partial charge in [0.25, 0.3) is 0 Å². The van der Waals surface area contributed by atoms with Gasteiger partial charge in [-0.05, 0) is 37.1 Å². The van der Waals surface area contributed by atoms with Gasteiger partial charge in [0.05, 0.1) is 0 Å². The molecule has 26 heavy (non-hydrogen) atoms. The summed E-state index contributed by atoms with van der Waals surface area (Å²) >= 11 is 1.93. The van der Waals surface area contributed by atoms with Crippen molar-refractivity contribution < 1.29 is 4.79 Å². The third-order valence-corrected chi connectivity index (χ3v) is 5.93. The Morgan fingerprint density at radius 2 is 1.81 bits per heavy atom. The summed E-state index contributed by atoms with van der Waals surface area (Å²) in [6.45, 7) is 5.15. The maximum Gasteiger partial charge on any atom is 0.221 e. The Morgan fingerprint density at radius 1 is 1.12 bits per heavy atom. The van der Waals surface area contributed by atoms with Crippen molar-refractivity contribution in [2.45, 2.75) is 44.8 Å². The van der Waals surface area contributed by atoms with Crippen LogP contribution in [0.15, 0.2) is 24.3 Å². The lowest BCUT2D eigenvalue weighted by molar-refractivity contribution is -0.121. The Kier molecular flexibility index (Phi) is 11.6. The largest absolute Gasteiger partial charge is 0.352 e. The maximum atomic E-state index is 12.0. The van der Waals surface area contributed by atoms with Crippen LogP contribution in [-0.2, 0) is 17.9 Å². The maximum absolute atomic E-state index is 12.0.